The molecule has 0 saturated carbocycles. The lowest BCUT2D eigenvalue weighted by atomic mass is 10.2. The van der Waals surface area contributed by atoms with Crippen LogP contribution in [-0.2, 0) is 0 Å². The second-order valence-electron chi connectivity index (χ2n) is 3.59. The van der Waals surface area contributed by atoms with Gasteiger partial charge < -0.3 is 5.73 Å². The summed E-state index contributed by atoms with van der Waals surface area (Å²) in [4.78, 5) is 3.94. The Morgan fingerprint density at radius 3 is 2.78 bits per heavy atom. The quantitative estimate of drug-likeness (QED) is 0.507. The number of nitrogen functional groups attached to an aromatic ring is 1. The van der Waals surface area contributed by atoms with Crippen molar-refractivity contribution in [2.24, 2.45) is 5.10 Å². The van der Waals surface area contributed by atoms with Crippen LogP contribution in [0.25, 0.3) is 0 Å². The maximum absolute atomic E-state index is 13.5. The Morgan fingerprint density at radius 1 is 1.44 bits per heavy atom. The fourth-order valence-corrected chi connectivity index (χ4v) is 1.93. The zero-order chi connectivity index (χ0) is 13.3. The zero-order valence-electron chi connectivity index (χ0n) is 9.36. The molecule has 0 amide bonds. The van der Waals surface area contributed by atoms with Gasteiger partial charge in [-0.1, -0.05) is 0 Å². The fourth-order valence-electron chi connectivity index (χ4n) is 1.38. The lowest BCUT2D eigenvalue weighted by molar-refractivity contribution is 0.506. The van der Waals surface area contributed by atoms with Gasteiger partial charge in [-0.25, -0.2) is 18.4 Å². The van der Waals surface area contributed by atoms with Crippen LogP contribution >= 0.6 is 22.6 Å². The van der Waals surface area contributed by atoms with Gasteiger partial charge in [-0.3, -0.25) is 0 Å². The third kappa shape index (κ3) is 2.50. The minimum atomic E-state index is -0.930. The van der Waals surface area contributed by atoms with E-state index in [1.165, 1.54) is 17.0 Å². The molecular weight excluding hydrogens is 353 g/mol. The van der Waals surface area contributed by atoms with Crippen LogP contribution in [0.3, 0.4) is 0 Å². The van der Waals surface area contributed by atoms with Crippen molar-refractivity contribution in [1.29, 1.82) is 0 Å². The molecule has 2 N–H and O–H groups in total. The number of aryl methyl sites for hydroxylation is 1. The molecule has 1 aromatic heterocycles. The highest BCUT2D eigenvalue weighted by atomic mass is 127. The summed E-state index contributed by atoms with van der Waals surface area (Å²) in [7, 11) is 0. The zero-order valence-corrected chi connectivity index (χ0v) is 11.5. The molecule has 2 aromatic rings. The summed E-state index contributed by atoms with van der Waals surface area (Å²) in [6.45, 7) is 1.76. The largest absolute Gasteiger partial charge is 0.368 e. The van der Waals surface area contributed by atoms with Crippen molar-refractivity contribution in [1.82, 2.24) is 9.66 Å². The van der Waals surface area contributed by atoms with Crippen LogP contribution in [0, 0.1) is 22.1 Å². The Hall–Kier alpha value is -1.51. The number of anilines is 1. The Bertz CT molecular complexity index is 622. The monoisotopic (exact) mass is 362 g/mol. The van der Waals surface area contributed by atoms with Crippen molar-refractivity contribution in [2.75, 3.05) is 5.73 Å². The first-order chi connectivity index (χ1) is 8.49. The molecule has 7 heteroatoms. The molecule has 18 heavy (non-hydrogen) atoms. The number of benzene rings is 1. The molecule has 0 saturated heterocycles. The summed E-state index contributed by atoms with van der Waals surface area (Å²) in [6.07, 6.45) is 2.81. The summed E-state index contributed by atoms with van der Waals surface area (Å²) in [5.41, 5.74) is 6.36. The van der Waals surface area contributed by atoms with Gasteiger partial charge in [-0.15, -0.1) is 0 Å². The van der Waals surface area contributed by atoms with E-state index >= 15 is 0 Å². The van der Waals surface area contributed by atoms with E-state index in [1.54, 1.807) is 13.1 Å². The molecule has 1 heterocycles. The van der Waals surface area contributed by atoms with Crippen LogP contribution in [0.1, 0.15) is 11.3 Å². The summed E-state index contributed by atoms with van der Waals surface area (Å²) >= 11 is 1.91. The molecule has 0 aliphatic heterocycles. The van der Waals surface area contributed by atoms with E-state index in [4.69, 9.17) is 5.73 Å². The Kier molecular flexibility index (Phi) is 3.60. The molecule has 2 rings (SSSR count). The van der Waals surface area contributed by atoms with E-state index in [-0.39, 0.29) is 11.5 Å². The fraction of sp³-hybridized carbons (Fsp3) is 0.0909. The van der Waals surface area contributed by atoms with Gasteiger partial charge >= 0.3 is 0 Å². The van der Waals surface area contributed by atoms with Gasteiger partial charge in [-0.2, -0.15) is 5.10 Å². The molecule has 0 radical (unpaired) electrons. The summed E-state index contributed by atoms with van der Waals surface area (Å²) in [5, 5.41) is 3.95. The normalized spacial score (nSPS) is 11.3. The first kappa shape index (κ1) is 12.9. The predicted octanol–water partition coefficient (Wildman–Crippen LogP) is 2.54. The standard InChI is InChI=1S/C11H9F2IN4/c1-6-5-18(11(15)17-6)16-4-7-9(14)3-2-8(12)10(7)13/h2-5H,1H3,(H2,15,17). The van der Waals surface area contributed by atoms with Crippen LogP contribution in [0.2, 0.25) is 0 Å². The van der Waals surface area contributed by atoms with Crippen molar-refractivity contribution < 1.29 is 8.78 Å². The average molecular weight is 362 g/mol. The molecule has 4 nitrogen and oxygen atoms in total. The second-order valence-corrected chi connectivity index (χ2v) is 4.75. The van der Waals surface area contributed by atoms with Gasteiger partial charge in [0.25, 0.3) is 0 Å². The minimum Gasteiger partial charge on any atom is -0.368 e. The van der Waals surface area contributed by atoms with Crippen molar-refractivity contribution >= 4 is 34.8 Å². The summed E-state index contributed by atoms with van der Waals surface area (Å²) in [5.74, 6) is -1.65. The number of nitrogens with zero attached hydrogens (tertiary/aromatic N) is 3. The van der Waals surface area contributed by atoms with Crippen LogP contribution in [0.15, 0.2) is 23.4 Å². The third-order valence-electron chi connectivity index (χ3n) is 2.23. The topological polar surface area (TPSA) is 56.2 Å². The molecule has 0 aliphatic rings. The van der Waals surface area contributed by atoms with Crippen LogP contribution in [-0.4, -0.2) is 15.9 Å². The first-order valence-electron chi connectivity index (χ1n) is 4.98. The smallest absolute Gasteiger partial charge is 0.221 e. The van der Waals surface area contributed by atoms with E-state index in [2.05, 4.69) is 10.1 Å². The third-order valence-corrected chi connectivity index (χ3v) is 3.17. The molecule has 0 fully saturated rings. The molecule has 94 valence electrons. The van der Waals surface area contributed by atoms with Crippen molar-refractivity contribution in [3.05, 3.63) is 44.8 Å². The maximum Gasteiger partial charge on any atom is 0.221 e. The summed E-state index contributed by atoms with van der Waals surface area (Å²) < 4.78 is 28.5. The number of nitrogens with two attached hydrogens (primary N) is 1. The first-order valence-corrected chi connectivity index (χ1v) is 6.06. The van der Waals surface area contributed by atoms with Crippen molar-refractivity contribution in [3.63, 3.8) is 0 Å². The average Bonchev–Trinajstić information content (AvgIpc) is 2.63. The molecule has 0 unspecified atom stereocenters. The Balaban J connectivity index is 2.40. The van der Waals surface area contributed by atoms with Crippen LogP contribution < -0.4 is 5.73 Å². The summed E-state index contributed by atoms with van der Waals surface area (Å²) in [6, 6.07) is 2.55. The van der Waals surface area contributed by atoms with E-state index in [1.807, 2.05) is 22.6 Å². The van der Waals surface area contributed by atoms with E-state index < -0.39 is 11.6 Å². The van der Waals surface area contributed by atoms with Gasteiger partial charge in [0, 0.05) is 9.13 Å². The van der Waals surface area contributed by atoms with Crippen molar-refractivity contribution in [2.45, 2.75) is 6.92 Å². The number of hydrogen-bond donors (Lipinski definition) is 1. The number of hydrogen-bond acceptors (Lipinski definition) is 3. The SMILES string of the molecule is Cc1cn(N=Cc2c(I)ccc(F)c2F)c(N)n1. The Labute approximate surface area is 116 Å². The highest BCUT2D eigenvalue weighted by Crippen LogP contribution is 2.17. The lowest BCUT2D eigenvalue weighted by Gasteiger charge is -2.01. The highest BCUT2D eigenvalue weighted by Gasteiger charge is 2.10. The predicted molar refractivity (Wildman–Crippen MR) is 73.4 cm³/mol. The maximum atomic E-state index is 13.5. The van der Waals surface area contributed by atoms with Gasteiger partial charge in [-0.05, 0) is 41.6 Å². The van der Waals surface area contributed by atoms with Crippen LogP contribution in [0.5, 0.6) is 0 Å². The number of rotatable bonds is 2. The van der Waals surface area contributed by atoms with Crippen molar-refractivity contribution in [3.8, 4) is 0 Å². The molecule has 0 atom stereocenters. The van der Waals surface area contributed by atoms with Gasteiger partial charge in [0.15, 0.2) is 11.6 Å². The second kappa shape index (κ2) is 5.01. The number of halogens is 3. The van der Waals surface area contributed by atoms with Gasteiger partial charge in [0.05, 0.1) is 18.1 Å². The number of imidazole rings is 1. The molecule has 1 aromatic carbocycles. The van der Waals surface area contributed by atoms with Crippen LogP contribution in [0.4, 0.5) is 14.7 Å². The number of aromatic nitrogens is 2. The molecule has 0 spiro atoms. The van der Waals surface area contributed by atoms with E-state index in [0.29, 0.717) is 9.26 Å². The minimum absolute atomic E-state index is 0.0846. The highest BCUT2D eigenvalue weighted by molar-refractivity contribution is 14.1. The van der Waals surface area contributed by atoms with E-state index in [9.17, 15) is 8.78 Å². The molecule has 0 aliphatic carbocycles. The lowest BCUT2D eigenvalue weighted by Crippen LogP contribution is -2.00. The Morgan fingerprint density at radius 2 is 2.17 bits per heavy atom. The molecular formula is C11H9F2IN4. The van der Waals surface area contributed by atoms with Gasteiger partial charge in [0.1, 0.15) is 0 Å². The van der Waals surface area contributed by atoms with Gasteiger partial charge in [0.2, 0.25) is 5.95 Å². The molecule has 0 bridgehead atoms. The van der Waals surface area contributed by atoms with E-state index in [0.717, 1.165) is 6.07 Å².